The molecule has 0 bridgehead atoms. The minimum absolute atomic E-state index is 0.939. The Kier molecular flexibility index (Phi) is 3.51. The largest absolute Gasteiger partial charge is 0.309 e. The van der Waals surface area contributed by atoms with Gasteiger partial charge in [-0.15, -0.1) is 11.3 Å². The molecule has 1 saturated heterocycles. The minimum atomic E-state index is 0.939. The molecule has 3 nitrogen and oxygen atoms in total. The van der Waals surface area contributed by atoms with Crippen molar-refractivity contribution in [3.63, 3.8) is 0 Å². The van der Waals surface area contributed by atoms with Crippen LogP contribution in [0, 0.1) is 6.92 Å². The lowest BCUT2D eigenvalue weighted by molar-refractivity contribution is 0.641. The van der Waals surface area contributed by atoms with Crippen molar-refractivity contribution in [3.05, 3.63) is 27.2 Å². The van der Waals surface area contributed by atoms with E-state index in [0.717, 1.165) is 31.9 Å². The normalized spacial score (nSPS) is 15.2. The number of rotatable bonds is 4. The highest BCUT2D eigenvalue weighted by Gasteiger charge is 2.10. The summed E-state index contributed by atoms with van der Waals surface area (Å²) in [5.74, 6) is 0. The lowest BCUT2D eigenvalue weighted by Crippen LogP contribution is -2.36. The van der Waals surface area contributed by atoms with Gasteiger partial charge in [0, 0.05) is 31.1 Å². The molecule has 4 heteroatoms. The van der Waals surface area contributed by atoms with Crippen molar-refractivity contribution >= 4 is 11.3 Å². The lowest BCUT2D eigenvalue weighted by atomic mass is 10.0. The third-order valence-corrected chi connectivity index (χ3v) is 3.74. The van der Waals surface area contributed by atoms with E-state index in [1.165, 1.54) is 10.5 Å². The third-order valence-electron chi connectivity index (χ3n) is 2.80. The summed E-state index contributed by atoms with van der Waals surface area (Å²) in [5, 5.41) is 6.72. The lowest BCUT2D eigenvalue weighted by Gasteiger charge is -2.22. The van der Waals surface area contributed by atoms with Gasteiger partial charge in [-0.25, -0.2) is 4.98 Å². The molecule has 0 spiro atoms. The van der Waals surface area contributed by atoms with Crippen LogP contribution in [0.5, 0.6) is 0 Å². The maximum atomic E-state index is 4.23. The van der Waals surface area contributed by atoms with E-state index in [-0.39, 0.29) is 0 Å². The molecule has 1 aromatic rings. The smallest absolute Gasteiger partial charge is 0.0798 e. The Morgan fingerprint density at radius 3 is 2.93 bits per heavy atom. The van der Waals surface area contributed by atoms with E-state index >= 15 is 0 Å². The van der Waals surface area contributed by atoms with Gasteiger partial charge in [0.15, 0.2) is 0 Å². The van der Waals surface area contributed by atoms with Gasteiger partial charge in [0.1, 0.15) is 0 Å². The molecule has 1 aliphatic heterocycles. The Bertz CT molecular complexity index is 362. The second-order valence-electron chi connectivity index (χ2n) is 3.95. The van der Waals surface area contributed by atoms with Crippen molar-refractivity contribution in [2.75, 3.05) is 19.6 Å². The van der Waals surface area contributed by atoms with Crippen molar-refractivity contribution in [2.24, 2.45) is 0 Å². The van der Waals surface area contributed by atoms with Gasteiger partial charge < -0.3 is 10.6 Å². The summed E-state index contributed by atoms with van der Waals surface area (Å²) in [4.78, 5) is 5.58. The SMILES string of the molecule is CC(CNCc1scnc1C)=C1CNC1. The molecule has 0 saturated carbocycles. The average molecular weight is 223 g/mol. The van der Waals surface area contributed by atoms with Gasteiger partial charge in [-0.3, -0.25) is 0 Å². The van der Waals surface area contributed by atoms with E-state index in [2.05, 4.69) is 29.5 Å². The molecule has 2 N–H and O–H groups in total. The topological polar surface area (TPSA) is 37.0 Å². The molecule has 0 atom stereocenters. The van der Waals surface area contributed by atoms with Crippen LogP contribution in [-0.2, 0) is 6.54 Å². The highest BCUT2D eigenvalue weighted by atomic mass is 32.1. The van der Waals surface area contributed by atoms with Crippen LogP contribution in [0.1, 0.15) is 17.5 Å². The van der Waals surface area contributed by atoms with E-state index in [1.807, 2.05) is 5.51 Å². The van der Waals surface area contributed by atoms with Crippen LogP contribution >= 0.6 is 11.3 Å². The van der Waals surface area contributed by atoms with Crippen LogP contribution in [0.2, 0.25) is 0 Å². The summed E-state index contributed by atoms with van der Waals surface area (Å²) in [6.45, 7) is 8.36. The van der Waals surface area contributed by atoms with Crippen molar-refractivity contribution < 1.29 is 0 Å². The number of nitrogens with zero attached hydrogens (tertiary/aromatic N) is 1. The Morgan fingerprint density at radius 2 is 2.40 bits per heavy atom. The van der Waals surface area contributed by atoms with E-state index in [1.54, 1.807) is 16.9 Å². The average Bonchev–Trinajstić information content (AvgIpc) is 2.49. The predicted molar refractivity (Wildman–Crippen MR) is 64.1 cm³/mol. The van der Waals surface area contributed by atoms with Crippen molar-refractivity contribution in [3.8, 4) is 0 Å². The molecule has 82 valence electrons. The first kappa shape index (κ1) is 10.8. The highest BCUT2D eigenvalue weighted by Crippen LogP contribution is 2.12. The number of nitrogens with one attached hydrogen (secondary N) is 2. The second-order valence-corrected chi connectivity index (χ2v) is 4.89. The Hall–Kier alpha value is -0.710. The molecule has 0 amide bonds. The highest BCUT2D eigenvalue weighted by molar-refractivity contribution is 7.09. The molecule has 1 aromatic heterocycles. The van der Waals surface area contributed by atoms with Crippen LogP contribution in [0.15, 0.2) is 16.7 Å². The summed E-state index contributed by atoms with van der Waals surface area (Å²) < 4.78 is 0. The van der Waals surface area contributed by atoms with Crippen molar-refractivity contribution in [1.82, 2.24) is 15.6 Å². The first-order chi connectivity index (χ1) is 7.27. The molecule has 2 rings (SSSR count). The van der Waals surface area contributed by atoms with E-state index in [4.69, 9.17) is 0 Å². The van der Waals surface area contributed by atoms with E-state index in [0.29, 0.717) is 0 Å². The minimum Gasteiger partial charge on any atom is -0.309 e. The van der Waals surface area contributed by atoms with Gasteiger partial charge in [0.05, 0.1) is 11.2 Å². The molecule has 0 aliphatic carbocycles. The maximum Gasteiger partial charge on any atom is 0.0798 e. The van der Waals surface area contributed by atoms with Gasteiger partial charge in [-0.1, -0.05) is 5.57 Å². The molecule has 1 fully saturated rings. The standard InChI is InChI=1S/C11H17N3S/c1-8(10-4-13-5-10)3-12-6-11-9(2)14-7-15-11/h7,12-13H,3-6H2,1-2H3. The molecule has 0 unspecified atom stereocenters. The van der Waals surface area contributed by atoms with E-state index in [9.17, 15) is 0 Å². The summed E-state index contributed by atoms with van der Waals surface area (Å²) in [6.07, 6.45) is 0. The number of aromatic nitrogens is 1. The first-order valence-electron chi connectivity index (χ1n) is 5.25. The molecular weight excluding hydrogens is 206 g/mol. The Balaban J connectivity index is 1.78. The summed E-state index contributed by atoms with van der Waals surface area (Å²) >= 11 is 1.73. The van der Waals surface area contributed by atoms with Crippen LogP contribution in [-0.4, -0.2) is 24.6 Å². The molecule has 1 aliphatic rings. The van der Waals surface area contributed by atoms with Crippen molar-refractivity contribution in [1.29, 1.82) is 0 Å². The fourth-order valence-corrected chi connectivity index (χ4v) is 2.28. The molecule has 0 aromatic carbocycles. The zero-order chi connectivity index (χ0) is 10.7. The number of aryl methyl sites for hydroxylation is 1. The van der Waals surface area contributed by atoms with Gasteiger partial charge in [-0.2, -0.15) is 0 Å². The maximum absolute atomic E-state index is 4.23. The van der Waals surface area contributed by atoms with Gasteiger partial charge >= 0.3 is 0 Å². The summed E-state index contributed by atoms with van der Waals surface area (Å²) in [7, 11) is 0. The second kappa shape index (κ2) is 4.88. The quantitative estimate of drug-likeness (QED) is 0.759. The zero-order valence-electron chi connectivity index (χ0n) is 9.26. The van der Waals surface area contributed by atoms with Crippen LogP contribution in [0.3, 0.4) is 0 Å². The summed E-state index contributed by atoms with van der Waals surface area (Å²) in [5.41, 5.74) is 6.11. The van der Waals surface area contributed by atoms with Crippen LogP contribution < -0.4 is 10.6 Å². The van der Waals surface area contributed by atoms with Gasteiger partial charge in [0.2, 0.25) is 0 Å². The van der Waals surface area contributed by atoms with Crippen LogP contribution in [0.25, 0.3) is 0 Å². The summed E-state index contributed by atoms with van der Waals surface area (Å²) in [6, 6.07) is 0. The first-order valence-corrected chi connectivity index (χ1v) is 6.13. The fourth-order valence-electron chi connectivity index (χ4n) is 1.54. The fraction of sp³-hybridized carbons (Fsp3) is 0.545. The number of hydrogen-bond donors (Lipinski definition) is 2. The van der Waals surface area contributed by atoms with Gasteiger partial charge in [0.25, 0.3) is 0 Å². The predicted octanol–water partition coefficient (Wildman–Crippen LogP) is 1.46. The molecule has 15 heavy (non-hydrogen) atoms. The number of hydrogen-bond acceptors (Lipinski definition) is 4. The Labute approximate surface area is 94.6 Å². The number of thiazole rings is 1. The monoisotopic (exact) mass is 223 g/mol. The van der Waals surface area contributed by atoms with Crippen LogP contribution in [0.4, 0.5) is 0 Å². The van der Waals surface area contributed by atoms with E-state index < -0.39 is 0 Å². The third kappa shape index (κ3) is 2.65. The molecular formula is C11H17N3S. The van der Waals surface area contributed by atoms with Gasteiger partial charge in [-0.05, 0) is 19.4 Å². The molecule has 0 radical (unpaired) electrons. The zero-order valence-corrected chi connectivity index (χ0v) is 10.1. The molecule has 2 heterocycles. The van der Waals surface area contributed by atoms with Crippen molar-refractivity contribution in [2.45, 2.75) is 20.4 Å². The Morgan fingerprint density at radius 1 is 1.60 bits per heavy atom.